The van der Waals surface area contributed by atoms with Crippen molar-refractivity contribution in [2.45, 2.75) is 34.1 Å². The zero-order chi connectivity index (χ0) is 15.8. The van der Waals surface area contributed by atoms with E-state index in [4.69, 9.17) is 0 Å². The summed E-state index contributed by atoms with van der Waals surface area (Å²) in [5.41, 5.74) is 2.00. The molecule has 0 radical (unpaired) electrons. The van der Waals surface area contributed by atoms with Gasteiger partial charge in [0, 0.05) is 16.7 Å². The van der Waals surface area contributed by atoms with Crippen molar-refractivity contribution in [3.8, 4) is 0 Å². The number of halogens is 1. The fourth-order valence-electron chi connectivity index (χ4n) is 2.41. The van der Waals surface area contributed by atoms with Gasteiger partial charge in [0.05, 0.1) is 5.56 Å². The maximum absolute atomic E-state index is 12.7. The number of aryl methyl sites for hydroxylation is 1. The molecule has 1 rings (SSSR count). The standard InChI is InChI=1S/C17H27IN2O/c1-5-19(6-2)12-9-13-20(7-3)17(21)15-11-8-10-14(4)16(15)18/h8,10-11H,5-7,9,12-13H2,1-4H3. The van der Waals surface area contributed by atoms with E-state index in [-0.39, 0.29) is 5.91 Å². The SMILES string of the molecule is CCN(CC)CCCN(CC)C(=O)c1cccc(C)c1I. The number of rotatable bonds is 8. The van der Waals surface area contributed by atoms with Crippen molar-refractivity contribution in [1.29, 1.82) is 0 Å². The van der Waals surface area contributed by atoms with Crippen LogP contribution in [0.25, 0.3) is 0 Å². The number of hydrogen-bond acceptors (Lipinski definition) is 2. The Morgan fingerprint density at radius 1 is 1.10 bits per heavy atom. The van der Waals surface area contributed by atoms with E-state index in [1.54, 1.807) is 0 Å². The van der Waals surface area contributed by atoms with Crippen molar-refractivity contribution < 1.29 is 4.79 Å². The highest BCUT2D eigenvalue weighted by Crippen LogP contribution is 2.18. The number of benzene rings is 1. The van der Waals surface area contributed by atoms with Crippen LogP contribution >= 0.6 is 22.6 Å². The van der Waals surface area contributed by atoms with Crippen molar-refractivity contribution in [1.82, 2.24) is 9.80 Å². The van der Waals surface area contributed by atoms with E-state index in [1.165, 1.54) is 5.56 Å². The first-order valence-corrected chi connectivity index (χ1v) is 8.89. The molecule has 0 spiro atoms. The van der Waals surface area contributed by atoms with Gasteiger partial charge >= 0.3 is 0 Å². The summed E-state index contributed by atoms with van der Waals surface area (Å²) in [5.74, 6) is 0.158. The summed E-state index contributed by atoms with van der Waals surface area (Å²) in [7, 11) is 0. The van der Waals surface area contributed by atoms with E-state index < -0.39 is 0 Å². The molecule has 0 aliphatic heterocycles. The predicted octanol–water partition coefficient (Wildman–Crippen LogP) is 3.79. The molecule has 1 amide bonds. The van der Waals surface area contributed by atoms with Gasteiger partial charge in [-0.3, -0.25) is 4.79 Å². The summed E-state index contributed by atoms with van der Waals surface area (Å²) >= 11 is 2.27. The zero-order valence-corrected chi connectivity index (χ0v) is 15.8. The van der Waals surface area contributed by atoms with Crippen LogP contribution in [0.5, 0.6) is 0 Å². The summed E-state index contributed by atoms with van der Waals surface area (Å²) < 4.78 is 1.07. The van der Waals surface area contributed by atoms with Crippen molar-refractivity contribution in [2.75, 3.05) is 32.7 Å². The van der Waals surface area contributed by atoms with Crippen LogP contribution in [-0.2, 0) is 0 Å². The molecule has 0 heterocycles. The molecule has 0 saturated heterocycles. The largest absolute Gasteiger partial charge is 0.339 e. The number of carbonyl (C=O) groups excluding carboxylic acids is 1. The highest BCUT2D eigenvalue weighted by molar-refractivity contribution is 14.1. The van der Waals surface area contributed by atoms with Gasteiger partial charge in [-0.2, -0.15) is 0 Å². The van der Waals surface area contributed by atoms with Crippen LogP contribution in [0.15, 0.2) is 18.2 Å². The predicted molar refractivity (Wildman–Crippen MR) is 97.9 cm³/mol. The lowest BCUT2D eigenvalue weighted by Gasteiger charge is -2.24. The Balaban J connectivity index is 2.67. The van der Waals surface area contributed by atoms with Crippen LogP contribution in [0.1, 0.15) is 43.1 Å². The van der Waals surface area contributed by atoms with E-state index in [0.29, 0.717) is 0 Å². The smallest absolute Gasteiger partial charge is 0.254 e. The molecule has 0 aliphatic rings. The van der Waals surface area contributed by atoms with Crippen molar-refractivity contribution in [2.24, 2.45) is 0 Å². The fraction of sp³-hybridized carbons (Fsp3) is 0.588. The van der Waals surface area contributed by atoms with Gasteiger partial charge in [0.25, 0.3) is 5.91 Å². The van der Waals surface area contributed by atoms with Gasteiger partial charge in [-0.25, -0.2) is 0 Å². The third-order valence-electron chi connectivity index (χ3n) is 3.89. The van der Waals surface area contributed by atoms with Gasteiger partial charge in [0.2, 0.25) is 0 Å². The molecule has 3 nitrogen and oxygen atoms in total. The number of amides is 1. The summed E-state index contributed by atoms with van der Waals surface area (Å²) in [4.78, 5) is 17.0. The van der Waals surface area contributed by atoms with Crippen LogP contribution < -0.4 is 0 Å². The molecule has 118 valence electrons. The Kier molecular flexibility index (Phi) is 8.26. The first-order valence-electron chi connectivity index (χ1n) is 7.81. The van der Waals surface area contributed by atoms with Crippen LogP contribution in [0.4, 0.5) is 0 Å². The number of carbonyl (C=O) groups is 1. The Morgan fingerprint density at radius 3 is 2.33 bits per heavy atom. The Bertz CT molecular complexity index is 458. The van der Waals surface area contributed by atoms with E-state index in [0.717, 1.165) is 48.3 Å². The van der Waals surface area contributed by atoms with Gasteiger partial charge in [0.15, 0.2) is 0 Å². The summed E-state index contributed by atoms with van der Waals surface area (Å²) in [5, 5.41) is 0. The van der Waals surface area contributed by atoms with Gasteiger partial charge in [-0.15, -0.1) is 0 Å². The maximum atomic E-state index is 12.7. The lowest BCUT2D eigenvalue weighted by Crippen LogP contribution is -2.34. The van der Waals surface area contributed by atoms with E-state index in [9.17, 15) is 4.79 Å². The normalized spacial score (nSPS) is 11.0. The summed E-state index contributed by atoms with van der Waals surface area (Å²) in [6, 6.07) is 5.95. The van der Waals surface area contributed by atoms with Crippen molar-refractivity contribution >= 4 is 28.5 Å². The van der Waals surface area contributed by atoms with E-state index >= 15 is 0 Å². The van der Waals surface area contributed by atoms with Crippen LogP contribution in [0.2, 0.25) is 0 Å². The molecule has 4 heteroatoms. The van der Waals surface area contributed by atoms with E-state index in [1.807, 2.05) is 17.0 Å². The summed E-state index contributed by atoms with van der Waals surface area (Å²) in [6.07, 6.45) is 1.03. The third-order valence-corrected chi connectivity index (χ3v) is 5.32. The topological polar surface area (TPSA) is 23.6 Å². The molecule has 0 aromatic heterocycles. The second-order valence-corrected chi connectivity index (χ2v) is 6.28. The second kappa shape index (κ2) is 9.41. The molecule has 1 aromatic carbocycles. The maximum Gasteiger partial charge on any atom is 0.254 e. The van der Waals surface area contributed by atoms with Gasteiger partial charge in [0.1, 0.15) is 0 Å². The van der Waals surface area contributed by atoms with Gasteiger partial charge in [-0.1, -0.05) is 26.0 Å². The van der Waals surface area contributed by atoms with Gasteiger partial charge in [-0.05, 0) is 74.1 Å². The molecule has 1 aromatic rings. The zero-order valence-electron chi connectivity index (χ0n) is 13.7. The first-order chi connectivity index (χ1) is 10.0. The molecule has 0 N–H and O–H groups in total. The third kappa shape index (κ3) is 5.25. The minimum Gasteiger partial charge on any atom is -0.339 e. The molecule has 0 fully saturated rings. The minimum absolute atomic E-state index is 0.158. The lowest BCUT2D eigenvalue weighted by atomic mass is 10.1. The second-order valence-electron chi connectivity index (χ2n) is 5.20. The minimum atomic E-state index is 0.158. The molecule has 21 heavy (non-hydrogen) atoms. The Labute approximate surface area is 142 Å². The molecular formula is C17H27IN2O. The molecule has 0 bridgehead atoms. The van der Waals surface area contributed by atoms with Crippen molar-refractivity contribution in [3.05, 3.63) is 32.9 Å². The Morgan fingerprint density at radius 2 is 1.76 bits per heavy atom. The first kappa shape index (κ1) is 18.4. The monoisotopic (exact) mass is 402 g/mol. The van der Waals surface area contributed by atoms with E-state index in [2.05, 4.69) is 61.3 Å². The van der Waals surface area contributed by atoms with Crippen molar-refractivity contribution in [3.63, 3.8) is 0 Å². The fourth-order valence-corrected chi connectivity index (χ4v) is 3.00. The number of hydrogen-bond donors (Lipinski definition) is 0. The molecule has 0 saturated carbocycles. The molecular weight excluding hydrogens is 375 g/mol. The Hall–Kier alpha value is -0.620. The van der Waals surface area contributed by atoms with Crippen LogP contribution in [0, 0.1) is 10.5 Å². The van der Waals surface area contributed by atoms with Crippen LogP contribution in [-0.4, -0.2) is 48.4 Å². The molecule has 0 unspecified atom stereocenters. The summed E-state index contributed by atoms with van der Waals surface area (Å²) in [6.45, 7) is 13.3. The molecule has 0 aliphatic carbocycles. The highest BCUT2D eigenvalue weighted by atomic mass is 127. The average Bonchev–Trinajstić information content (AvgIpc) is 2.50. The highest BCUT2D eigenvalue weighted by Gasteiger charge is 2.17. The average molecular weight is 402 g/mol. The lowest BCUT2D eigenvalue weighted by molar-refractivity contribution is 0.0756. The molecule has 0 atom stereocenters. The van der Waals surface area contributed by atoms with Crippen LogP contribution in [0.3, 0.4) is 0 Å². The number of nitrogens with zero attached hydrogens (tertiary/aromatic N) is 2. The quantitative estimate of drug-likeness (QED) is 0.618. The van der Waals surface area contributed by atoms with Gasteiger partial charge < -0.3 is 9.80 Å².